The standard InChI is InChI=1S/C29H50O/c1-7-21(19(2)3)9-8-20(4)25-12-13-26-24-11-10-22-18-23(30)14-16-28(22,5)27(24)15-17-29(25,26)6/h10,19-21,23-27,30H,7-9,11-18H2,1-6H3/t20-,21-,23-,24+,25-,26?,27?,28+,29-/m1/s1. The van der Waals surface area contributed by atoms with Crippen LogP contribution >= 0.6 is 0 Å². The summed E-state index contributed by atoms with van der Waals surface area (Å²) in [6.45, 7) is 15.1. The van der Waals surface area contributed by atoms with Gasteiger partial charge in [0.1, 0.15) is 0 Å². The summed E-state index contributed by atoms with van der Waals surface area (Å²) in [6.07, 6.45) is 17.1. The van der Waals surface area contributed by atoms with Crippen molar-refractivity contribution in [1.29, 1.82) is 0 Å². The molecule has 0 aromatic carbocycles. The van der Waals surface area contributed by atoms with Gasteiger partial charge in [-0.15, -0.1) is 0 Å². The molecule has 0 aliphatic heterocycles. The lowest BCUT2D eigenvalue weighted by Gasteiger charge is -2.58. The van der Waals surface area contributed by atoms with Crippen LogP contribution in [0.15, 0.2) is 11.6 Å². The lowest BCUT2D eigenvalue weighted by Crippen LogP contribution is -2.50. The van der Waals surface area contributed by atoms with Gasteiger partial charge < -0.3 is 5.11 Å². The molecule has 3 saturated carbocycles. The molecule has 4 aliphatic carbocycles. The number of allylic oxidation sites excluding steroid dienone is 1. The van der Waals surface area contributed by atoms with Crippen LogP contribution in [0.1, 0.15) is 112 Å². The lowest BCUT2D eigenvalue weighted by atomic mass is 9.47. The number of aliphatic hydroxyl groups is 1. The predicted molar refractivity (Wildman–Crippen MR) is 128 cm³/mol. The van der Waals surface area contributed by atoms with E-state index in [1.807, 2.05) is 0 Å². The van der Waals surface area contributed by atoms with Crippen molar-refractivity contribution in [3.8, 4) is 0 Å². The average Bonchev–Trinajstić information content (AvgIpc) is 3.06. The molecule has 30 heavy (non-hydrogen) atoms. The molecule has 1 heteroatoms. The zero-order valence-corrected chi connectivity index (χ0v) is 20.9. The maximum atomic E-state index is 10.2. The third kappa shape index (κ3) is 3.74. The number of hydrogen-bond donors (Lipinski definition) is 1. The molecule has 0 spiro atoms. The van der Waals surface area contributed by atoms with E-state index in [1.165, 1.54) is 57.8 Å². The van der Waals surface area contributed by atoms with E-state index in [1.54, 1.807) is 5.57 Å². The van der Waals surface area contributed by atoms with E-state index in [-0.39, 0.29) is 6.10 Å². The van der Waals surface area contributed by atoms with Crippen molar-refractivity contribution in [1.82, 2.24) is 0 Å². The van der Waals surface area contributed by atoms with Gasteiger partial charge in [0.2, 0.25) is 0 Å². The second-order valence-corrected chi connectivity index (χ2v) is 12.9. The Kier molecular flexibility index (Phi) is 6.53. The second-order valence-electron chi connectivity index (χ2n) is 12.9. The molecule has 172 valence electrons. The summed E-state index contributed by atoms with van der Waals surface area (Å²) in [5.41, 5.74) is 2.59. The SMILES string of the molecule is CC[C@H](CC[C@@H](C)[C@H]1CCC2[C@@H]3CC=C4C[C@H](O)CC[C@]4(C)C3CC[C@@]21C)C(C)C. The zero-order valence-electron chi connectivity index (χ0n) is 20.9. The van der Waals surface area contributed by atoms with Gasteiger partial charge in [0.05, 0.1) is 6.10 Å². The van der Waals surface area contributed by atoms with Crippen molar-refractivity contribution in [2.45, 2.75) is 118 Å². The molecule has 0 saturated heterocycles. The van der Waals surface area contributed by atoms with Crippen LogP contribution < -0.4 is 0 Å². The highest BCUT2D eigenvalue weighted by atomic mass is 16.3. The van der Waals surface area contributed by atoms with Crippen molar-refractivity contribution in [2.75, 3.05) is 0 Å². The molecule has 9 atom stereocenters. The van der Waals surface area contributed by atoms with Crippen LogP contribution in [0.5, 0.6) is 0 Å². The van der Waals surface area contributed by atoms with E-state index in [9.17, 15) is 5.11 Å². The summed E-state index contributed by atoms with van der Waals surface area (Å²) in [5, 5.41) is 10.2. The summed E-state index contributed by atoms with van der Waals surface area (Å²) in [7, 11) is 0. The third-order valence-corrected chi connectivity index (χ3v) is 11.3. The van der Waals surface area contributed by atoms with Crippen molar-refractivity contribution >= 4 is 0 Å². The minimum absolute atomic E-state index is 0.0794. The van der Waals surface area contributed by atoms with Crippen LogP contribution in [-0.4, -0.2) is 11.2 Å². The van der Waals surface area contributed by atoms with Gasteiger partial charge in [-0.25, -0.2) is 0 Å². The number of fused-ring (bicyclic) bond motifs is 5. The van der Waals surface area contributed by atoms with Crippen LogP contribution in [-0.2, 0) is 0 Å². The Hall–Kier alpha value is -0.300. The van der Waals surface area contributed by atoms with Gasteiger partial charge in [-0.2, -0.15) is 0 Å². The second kappa shape index (κ2) is 8.57. The quantitative estimate of drug-likeness (QED) is 0.436. The average molecular weight is 415 g/mol. The predicted octanol–water partition coefficient (Wildman–Crippen LogP) is 8.02. The Morgan fingerprint density at radius 3 is 2.47 bits per heavy atom. The van der Waals surface area contributed by atoms with E-state index in [4.69, 9.17) is 0 Å². The van der Waals surface area contributed by atoms with Crippen molar-refractivity contribution in [3.05, 3.63) is 11.6 Å². The van der Waals surface area contributed by atoms with Gasteiger partial charge >= 0.3 is 0 Å². The first kappa shape index (κ1) is 22.9. The smallest absolute Gasteiger partial charge is 0.0577 e. The molecular weight excluding hydrogens is 364 g/mol. The van der Waals surface area contributed by atoms with Crippen LogP contribution in [0.2, 0.25) is 0 Å². The van der Waals surface area contributed by atoms with Crippen molar-refractivity contribution in [2.24, 2.45) is 52.3 Å². The van der Waals surface area contributed by atoms with Gasteiger partial charge in [-0.05, 0) is 110 Å². The Labute approximate surface area is 187 Å². The maximum absolute atomic E-state index is 10.2. The molecule has 0 aromatic heterocycles. The molecule has 1 nitrogen and oxygen atoms in total. The van der Waals surface area contributed by atoms with Crippen LogP contribution in [0, 0.1) is 52.3 Å². The molecule has 4 aliphatic rings. The fourth-order valence-electron chi connectivity index (χ4n) is 9.30. The van der Waals surface area contributed by atoms with E-state index in [0.717, 1.165) is 54.3 Å². The van der Waals surface area contributed by atoms with Crippen molar-refractivity contribution in [3.63, 3.8) is 0 Å². The first-order valence-electron chi connectivity index (χ1n) is 13.6. The molecule has 0 bridgehead atoms. The Bertz CT molecular complexity index is 634. The molecule has 0 heterocycles. The van der Waals surface area contributed by atoms with E-state index < -0.39 is 0 Å². The number of hydrogen-bond acceptors (Lipinski definition) is 1. The van der Waals surface area contributed by atoms with Crippen LogP contribution in [0.25, 0.3) is 0 Å². The minimum Gasteiger partial charge on any atom is -0.393 e. The Morgan fingerprint density at radius 1 is 1.00 bits per heavy atom. The maximum Gasteiger partial charge on any atom is 0.0577 e. The normalized spacial score (nSPS) is 45.3. The van der Waals surface area contributed by atoms with Crippen molar-refractivity contribution < 1.29 is 5.11 Å². The molecule has 0 aromatic rings. The summed E-state index contributed by atoms with van der Waals surface area (Å²) >= 11 is 0. The minimum atomic E-state index is -0.0794. The molecule has 2 unspecified atom stereocenters. The third-order valence-electron chi connectivity index (χ3n) is 11.3. The number of aliphatic hydroxyl groups excluding tert-OH is 1. The fourth-order valence-corrected chi connectivity index (χ4v) is 9.30. The molecule has 0 radical (unpaired) electrons. The summed E-state index contributed by atoms with van der Waals surface area (Å²) in [5.74, 6) is 6.31. The van der Waals surface area contributed by atoms with E-state index >= 15 is 0 Å². The molecule has 4 rings (SSSR count). The highest BCUT2D eigenvalue weighted by Crippen LogP contribution is 2.67. The van der Waals surface area contributed by atoms with E-state index in [0.29, 0.717) is 10.8 Å². The molecule has 0 amide bonds. The summed E-state index contributed by atoms with van der Waals surface area (Å²) in [4.78, 5) is 0. The largest absolute Gasteiger partial charge is 0.393 e. The van der Waals surface area contributed by atoms with Crippen LogP contribution in [0.3, 0.4) is 0 Å². The Balaban J connectivity index is 1.47. The highest BCUT2D eigenvalue weighted by molar-refractivity contribution is 5.25. The lowest BCUT2D eigenvalue weighted by molar-refractivity contribution is -0.0575. The van der Waals surface area contributed by atoms with Gasteiger partial charge in [0.25, 0.3) is 0 Å². The first-order valence-corrected chi connectivity index (χ1v) is 13.6. The zero-order chi connectivity index (χ0) is 21.7. The summed E-state index contributed by atoms with van der Waals surface area (Å²) < 4.78 is 0. The van der Waals surface area contributed by atoms with Crippen LogP contribution in [0.4, 0.5) is 0 Å². The Morgan fingerprint density at radius 2 is 1.77 bits per heavy atom. The molecule has 3 fully saturated rings. The highest BCUT2D eigenvalue weighted by Gasteiger charge is 2.59. The fraction of sp³-hybridized carbons (Fsp3) is 0.931. The first-order chi connectivity index (χ1) is 14.2. The molecular formula is C29H50O. The monoisotopic (exact) mass is 414 g/mol. The van der Waals surface area contributed by atoms with Gasteiger partial charge in [-0.1, -0.05) is 66.0 Å². The topological polar surface area (TPSA) is 20.2 Å². The van der Waals surface area contributed by atoms with Gasteiger partial charge in [0.15, 0.2) is 0 Å². The molecule has 1 N–H and O–H groups in total. The summed E-state index contributed by atoms with van der Waals surface area (Å²) in [6, 6.07) is 0. The van der Waals surface area contributed by atoms with E-state index in [2.05, 4.69) is 47.6 Å². The van der Waals surface area contributed by atoms with Gasteiger partial charge in [-0.3, -0.25) is 0 Å². The van der Waals surface area contributed by atoms with Gasteiger partial charge in [0, 0.05) is 0 Å². The number of rotatable bonds is 6.